The molecular formula is C27H36FN3O4S. The molecule has 0 unspecified atom stereocenters. The van der Waals surface area contributed by atoms with Crippen molar-refractivity contribution in [1.29, 1.82) is 0 Å². The van der Waals surface area contributed by atoms with Crippen LogP contribution in [-0.4, -0.2) is 55.6 Å². The first-order chi connectivity index (χ1) is 16.9. The van der Waals surface area contributed by atoms with E-state index in [1.807, 2.05) is 40.7 Å². The van der Waals surface area contributed by atoms with Gasteiger partial charge in [0, 0.05) is 32.1 Å². The van der Waals surface area contributed by atoms with Gasteiger partial charge in [-0.25, -0.2) is 12.8 Å². The molecule has 1 fully saturated rings. The van der Waals surface area contributed by atoms with Gasteiger partial charge in [-0.3, -0.25) is 9.59 Å². The first kappa shape index (κ1) is 27.8. The molecule has 2 aromatic carbocycles. The lowest BCUT2D eigenvalue weighted by Gasteiger charge is -2.34. The Morgan fingerprint density at radius 1 is 1.03 bits per heavy atom. The minimum absolute atomic E-state index is 0.0734. The van der Waals surface area contributed by atoms with Gasteiger partial charge in [0.05, 0.1) is 11.4 Å². The number of benzene rings is 2. The molecule has 0 spiro atoms. The molecule has 1 saturated heterocycles. The maximum atomic E-state index is 13.5. The van der Waals surface area contributed by atoms with E-state index < -0.39 is 10.0 Å². The van der Waals surface area contributed by atoms with Crippen LogP contribution in [0, 0.1) is 39.4 Å². The monoisotopic (exact) mass is 517 g/mol. The summed E-state index contributed by atoms with van der Waals surface area (Å²) in [5.41, 5.74) is 4.18. The van der Waals surface area contributed by atoms with Crippen molar-refractivity contribution in [1.82, 2.24) is 14.5 Å². The second-order valence-corrected chi connectivity index (χ2v) is 11.4. The molecule has 1 heterocycles. The van der Waals surface area contributed by atoms with Gasteiger partial charge in [-0.15, -0.1) is 0 Å². The Labute approximate surface area is 213 Å². The number of halogens is 1. The van der Waals surface area contributed by atoms with Crippen LogP contribution in [0.15, 0.2) is 35.2 Å². The van der Waals surface area contributed by atoms with E-state index in [1.54, 1.807) is 12.1 Å². The molecule has 0 saturated carbocycles. The van der Waals surface area contributed by atoms with Gasteiger partial charge in [0.15, 0.2) is 0 Å². The summed E-state index contributed by atoms with van der Waals surface area (Å²) in [5, 5.41) is 2.76. The Kier molecular flexibility index (Phi) is 8.89. The minimum Gasteiger partial charge on any atom is -0.350 e. The predicted octanol–water partition coefficient (Wildman–Crippen LogP) is 3.62. The number of amides is 2. The van der Waals surface area contributed by atoms with Crippen LogP contribution in [0.2, 0.25) is 0 Å². The Balaban J connectivity index is 1.60. The van der Waals surface area contributed by atoms with Gasteiger partial charge >= 0.3 is 0 Å². The summed E-state index contributed by atoms with van der Waals surface area (Å²) in [6.45, 7) is 10.4. The van der Waals surface area contributed by atoms with E-state index in [9.17, 15) is 22.4 Å². The standard InChI is InChI=1S/C27H36FN3O4S/c1-6-30(17-25(32)29-16-22-7-9-24(28)10-8-22)27(33)23-11-13-31(14-12-23)36(34,35)26-20(4)18(2)15-19(3)21(26)5/h7-10,15,23H,6,11-14,16-17H2,1-5H3,(H,29,32). The molecule has 2 amide bonds. The predicted molar refractivity (Wildman–Crippen MR) is 137 cm³/mol. The first-order valence-corrected chi connectivity index (χ1v) is 13.8. The van der Waals surface area contributed by atoms with Crippen molar-refractivity contribution in [2.45, 2.75) is 58.9 Å². The number of carbonyl (C=O) groups is 2. The fourth-order valence-electron chi connectivity index (χ4n) is 4.68. The van der Waals surface area contributed by atoms with E-state index in [-0.39, 0.29) is 49.7 Å². The molecule has 1 aliphatic rings. The fourth-order valence-corrected chi connectivity index (χ4v) is 6.72. The van der Waals surface area contributed by atoms with Crippen molar-refractivity contribution in [3.05, 3.63) is 64.0 Å². The van der Waals surface area contributed by atoms with Crippen LogP contribution in [0.25, 0.3) is 0 Å². The van der Waals surface area contributed by atoms with Crippen LogP contribution in [-0.2, 0) is 26.2 Å². The van der Waals surface area contributed by atoms with Gasteiger partial charge in [-0.2, -0.15) is 4.31 Å². The molecule has 0 radical (unpaired) electrons. The molecule has 0 aliphatic carbocycles. The lowest BCUT2D eigenvalue weighted by molar-refractivity contribution is -0.140. The topological polar surface area (TPSA) is 86.8 Å². The first-order valence-electron chi connectivity index (χ1n) is 12.3. The van der Waals surface area contributed by atoms with Crippen molar-refractivity contribution in [3.8, 4) is 0 Å². The summed E-state index contributed by atoms with van der Waals surface area (Å²) >= 11 is 0. The quantitative estimate of drug-likeness (QED) is 0.580. The van der Waals surface area contributed by atoms with Crippen LogP contribution in [0.5, 0.6) is 0 Å². The second-order valence-electron chi connectivity index (χ2n) is 9.52. The Bertz CT molecular complexity index is 1190. The van der Waals surface area contributed by atoms with Crippen molar-refractivity contribution in [2.75, 3.05) is 26.2 Å². The van der Waals surface area contributed by atoms with Crippen LogP contribution in [0.4, 0.5) is 4.39 Å². The summed E-state index contributed by atoms with van der Waals surface area (Å²) in [5.74, 6) is -1.10. The zero-order chi connectivity index (χ0) is 26.6. The van der Waals surface area contributed by atoms with E-state index in [0.717, 1.165) is 27.8 Å². The third-order valence-electron chi connectivity index (χ3n) is 7.13. The lowest BCUT2D eigenvalue weighted by atomic mass is 9.96. The van der Waals surface area contributed by atoms with Crippen LogP contribution in [0.3, 0.4) is 0 Å². The molecule has 196 valence electrons. The number of hydrogen-bond acceptors (Lipinski definition) is 4. The van der Waals surface area contributed by atoms with Gasteiger partial charge in [-0.1, -0.05) is 18.2 Å². The van der Waals surface area contributed by atoms with E-state index >= 15 is 0 Å². The maximum Gasteiger partial charge on any atom is 0.243 e. The highest BCUT2D eigenvalue weighted by Crippen LogP contribution is 2.31. The number of nitrogens with zero attached hydrogens (tertiary/aromatic N) is 2. The number of nitrogens with one attached hydrogen (secondary N) is 1. The second kappa shape index (κ2) is 11.5. The summed E-state index contributed by atoms with van der Waals surface area (Å²) in [4.78, 5) is 27.4. The number of sulfonamides is 1. The lowest BCUT2D eigenvalue weighted by Crippen LogP contribution is -2.47. The molecule has 0 aromatic heterocycles. The molecule has 0 bridgehead atoms. The van der Waals surface area contributed by atoms with E-state index in [1.165, 1.54) is 21.3 Å². The van der Waals surface area contributed by atoms with Gasteiger partial charge in [-0.05, 0) is 87.4 Å². The van der Waals surface area contributed by atoms with Gasteiger partial charge in [0.25, 0.3) is 0 Å². The highest BCUT2D eigenvalue weighted by atomic mass is 32.2. The summed E-state index contributed by atoms with van der Waals surface area (Å²) in [7, 11) is -3.68. The maximum absolute atomic E-state index is 13.5. The van der Waals surface area contributed by atoms with Gasteiger partial charge < -0.3 is 10.2 Å². The third-order valence-corrected chi connectivity index (χ3v) is 9.30. The molecule has 9 heteroatoms. The number of likely N-dealkylation sites (N-methyl/N-ethyl adjacent to an activating group) is 1. The van der Waals surface area contributed by atoms with Crippen LogP contribution >= 0.6 is 0 Å². The Morgan fingerprint density at radius 3 is 2.11 bits per heavy atom. The van der Waals surface area contributed by atoms with Crippen molar-refractivity contribution >= 4 is 21.8 Å². The molecule has 2 aromatic rings. The van der Waals surface area contributed by atoms with Crippen LogP contribution < -0.4 is 5.32 Å². The molecule has 0 atom stereocenters. The van der Waals surface area contributed by atoms with E-state index in [4.69, 9.17) is 0 Å². The largest absolute Gasteiger partial charge is 0.350 e. The number of carbonyl (C=O) groups excluding carboxylic acids is 2. The zero-order valence-electron chi connectivity index (χ0n) is 21.7. The highest BCUT2D eigenvalue weighted by Gasteiger charge is 2.35. The van der Waals surface area contributed by atoms with E-state index in [0.29, 0.717) is 24.3 Å². The van der Waals surface area contributed by atoms with Crippen molar-refractivity contribution in [3.63, 3.8) is 0 Å². The zero-order valence-corrected chi connectivity index (χ0v) is 22.5. The van der Waals surface area contributed by atoms with Gasteiger partial charge in [0.2, 0.25) is 21.8 Å². The summed E-state index contributed by atoms with van der Waals surface area (Å²) in [6, 6.07) is 7.86. The van der Waals surface area contributed by atoms with Gasteiger partial charge in [0.1, 0.15) is 5.82 Å². The molecule has 1 N–H and O–H groups in total. The fraction of sp³-hybridized carbons (Fsp3) is 0.481. The summed E-state index contributed by atoms with van der Waals surface area (Å²) < 4.78 is 41.5. The van der Waals surface area contributed by atoms with Crippen molar-refractivity contribution < 1.29 is 22.4 Å². The Morgan fingerprint density at radius 2 is 1.58 bits per heavy atom. The molecule has 1 aliphatic heterocycles. The average molecular weight is 518 g/mol. The molecule has 3 rings (SSSR count). The molecule has 36 heavy (non-hydrogen) atoms. The normalized spacial score (nSPS) is 15.1. The van der Waals surface area contributed by atoms with Crippen molar-refractivity contribution in [2.24, 2.45) is 5.92 Å². The average Bonchev–Trinajstić information content (AvgIpc) is 2.85. The number of piperidine rings is 1. The third kappa shape index (κ3) is 6.13. The van der Waals surface area contributed by atoms with Crippen LogP contribution in [0.1, 0.15) is 47.6 Å². The summed E-state index contributed by atoms with van der Waals surface area (Å²) in [6.07, 6.45) is 0.823. The Hall–Kier alpha value is -2.78. The minimum atomic E-state index is -3.68. The number of hydrogen-bond donors (Lipinski definition) is 1. The number of aryl methyl sites for hydroxylation is 2. The SMILES string of the molecule is CCN(CC(=O)NCc1ccc(F)cc1)C(=O)C1CCN(S(=O)(=O)c2c(C)c(C)cc(C)c2C)CC1. The van der Waals surface area contributed by atoms with E-state index in [2.05, 4.69) is 5.32 Å². The molecule has 7 nitrogen and oxygen atoms in total. The smallest absolute Gasteiger partial charge is 0.243 e. The highest BCUT2D eigenvalue weighted by molar-refractivity contribution is 7.89. The number of rotatable bonds is 8. The molecular weight excluding hydrogens is 481 g/mol.